The maximum atomic E-state index is 4.93. The van der Waals surface area contributed by atoms with Crippen molar-refractivity contribution in [3.8, 4) is 22.3 Å². The summed E-state index contributed by atoms with van der Waals surface area (Å²) in [4.78, 5) is 0. The van der Waals surface area contributed by atoms with Gasteiger partial charge in [0.1, 0.15) is 0 Å². The van der Waals surface area contributed by atoms with Crippen LogP contribution in [0.2, 0.25) is 0 Å². The van der Waals surface area contributed by atoms with Crippen molar-refractivity contribution in [2.75, 3.05) is 0 Å². The van der Waals surface area contributed by atoms with Crippen molar-refractivity contribution in [1.29, 1.82) is 0 Å². The standard InChI is InChI=1S/C29H39.C12H7Si.2ClH.Zr/c1-10-20(6)24-13-21-11-12-27(29(7,8)9)28(26(21)17-24)25-15-22(18(2)3)14-23(16-25)19(4)5;1-3-7-11-9(5-1)10-6-2-4-8-12(10)13-11;;;/h11-20H,10H2,1-9H3;1-7H;2*1H;/q2*-1;;;+4/p-2. The number of halogens is 2. The summed E-state index contributed by atoms with van der Waals surface area (Å²) in [5.41, 5.74) is 11.5. The molecule has 0 bridgehead atoms. The van der Waals surface area contributed by atoms with Gasteiger partial charge in [-0.3, -0.25) is 0 Å². The summed E-state index contributed by atoms with van der Waals surface area (Å²) < 4.78 is 0. The first kappa shape index (κ1) is 36.0. The van der Waals surface area contributed by atoms with Crippen molar-refractivity contribution >= 4 is 47.7 Å². The van der Waals surface area contributed by atoms with Gasteiger partial charge in [0.2, 0.25) is 0 Å². The van der Waals surface area contributed by atoms with Gasteiger partial charge in [-0.25, -0.2) is 0 Å². The van der Waals surface area contributed by atoms with E-state index in [4.69, 9.17) is 17.0 Å². The predicted molar refractivity (Wildman–Crippen MR) is 198 cm³/mol. The summed E-state index contributed by atoms with van der Waals surface area (Å²) >= 11 is -0.826. The SMILES string of the molecule is CCC(C)c1cc2c(-c3cc(C(C)C)cc(C(C)C)c3)c(C(C)(C)C)ccc2[cH-]1.[Cl][Zr+2][Cl].[c-]1cccc2c1[Si]c1ccccc1-2. The minimum atomic E-state index is -0.826. The molecule has 0 aliphatic carbocycles. The van der Waals surface area contributed by atoms with E-state index in [-0.39, 0.29) is 5.41 Å². The van der Waals surface area contributed by atoms with Crippen LogP contribution in [-0.2, 0) is 26.3 Å². The summed E-state index contributed by atoms with van der Waals surface area (Å²) in [5.74, 6) is 1.65. The fourth-order valence-electron chi connectivity index (χ4n) is 5.98. The van der Waals surface area contributed by atoms with E-state index < -0.39 is 20.8 Å². The third kappa shape index (κ3) is 8.56. The van der Waals surface area contributed by atoms with Crippen molar-refractivity contribution in [2.45, 2.75) is 91.9 Å². The van der Waals surface area contributed by atoms with Crippen LogP contribution in [0.3, 0.4) is 0 Å². The number of hydrogen-bond donors (Lipinski definition) is 0. The Labute approximate surface area is 293 Å². The second kappa shape index (κ2) is 15.8. The van der Waals surface area contributed by atoms with Crippen molar-refractivity contribution in [1.82, 2.24) is 0 Å². The molecule has 232 valence electrons. The molecule has 0 amide bonds. The van der Waals surface area contributed by atoms with Crippen LogP contribution >= 0.6 is 17.0 Å². The molecule has 1 aliphatic heterocycles. The predicted octanol–water partition coefficient (Wildman–Crippen LogP) is 11.8. The van der Waals surface area contributed by atoms with Crippen LogP contribution in [0.5, 0.6) is 0 Å². The van der Waals surface area contributed by atoms with Crippen molar-refractivity contribution in [3.05, 3.63) is 113 Å². The Kier molecular flexibility index (Phi) is 12.7. The van der Waals surface area contributed by atoms with Gasteiger partial charge in [0, 0.05) is 0 Å². The molecule has 0 saturated heterocycles. The third-order valence-corrected chi connectivity index (χ3v) is 10.2. The summed E-state index contributed by atoms with van der Waals surface area (Å²) in [6.45, 7) is 20.9. The average Bonchev–Trinajstić information content (AvgIpc) is 3.62. The van der Waals surface area contributed by atoms with Gasteiger partial charge in [-0.05, 0) is 39.9 Å². The molecule has 4 heteroatoms. The maximum Gasteiger partial charge on any atom is 0.0920 e. The zero-order valence-electron chi connectivity index (χ0n) is 28.3. The molecule has 1 aliphatic rings. The van der Waals surface area contributed by atoms with Gasteiger partial charge in [-0.1, -0.05) is 133 Å². The van der Waals surface area contributed by atoms with E-state index in [0.717, 1.165) is 9.52 Å². The van der Waals surface area contributed by atoms with E-state index in [1.807, 2.05) is 6.07 Å². The van der Waals surface area contributed by atoms with Gasteiger partial charge >= 0.3 is 37.9 Å². The second-order valence-electron chi connectivity index (χ2n) is 13.7. The summed E-state index contributed by atoms with van der Waals surface area (Å²) in [7, 11) is 10.7. The van der Waals surface area contributed by atoms with E-state index >= 15 is 0 Å². The fourth-order valence-corrected chi connectivity index (χ4v) is 7.28. The molecule has 0 fully saturated rings. The second-order valence-corrected chi connectivity index (χ2v) is 18.8. The number of rotatable bonds is 5. The van der Waals surface area contributed by atoms with Gasteiger partial charge in [-0.15, -0.1) is 40.1 Å². The number of benzene rings is 4. The van der Waals surface area contributed by atoms with Crippen molar-refractivity contribution in [2.24, 2.45) is 0 Å². The van der Waals surface area contributed by atoms with Crippen LogP contribution in [-0.4, -0.2) is 9.52 Å². The van der Waals surface area contributed by atoms with E-state index in [0.29, 0.717) is 17.8 Å². The quantitative estimate of drug-likeness (QED) is 0.122. The minimum Gasteiger partial charge on any atom is -0.184 e. The van der Waals surface area contributed by atoms with Crippen molar-refractivity contribution in [3.63, 3.8) is 0 Å². The van der Waals surface area contributed by atoms with Gasteiger partial charge in [0.25, 0.3) is 0 Å². The normalized spacial score (nSPS) is 12.6. The first-order valence-corrected chi connectivity index (χ1v) is 23.4. The summed E-state index contributed by atoms with van der Waals surface area (Å²) in [6, 6.07) is 35.0. The topological polar surface area (TPSA) is 0 Å². The molecule has 5 aromatic rings. The molecule has 0 aromatic heterocycles. The first-order chi connectivity index (χ1) is 21.4. The average molecular weight is 729 g/mol. The number of fused-ring (bicyclic) bond motifs is 4. The zero-order chi connectivity index (χ0) is 32.9. The molecule has 45 heavy (non-hydrogen) atoms. The Bertz CT molecular complexity index is 1650. The zero-order valence-corrected chi connectivity index (χ0v) is 33.2. The van der Waals surface area contributed by atoms with Crippen molar-refractivity contribution < 1.29 is 20.8 Å². The van der Waals surface area contributed by atoms with Crippen LogP contribution in [0.4, 0.5) is 0 Å². The molecule has 5 aromatic carbocycles. The molecule has 6 rings (SSSR count). The smallest absolute Gasteiger partial charge is 0.0920 e. The van der Waals surface area contributed by atoms with Crippen LogP contribution in [0.15, 0.2) is 84.9 Å². The van der Waals surface area contributed by atoms with Gasteiger partial charge in [0.15, 0.2) is 0 Å². The molecule has 1 heterocycles. The first-order valence-electron chi connectivity index (χ1n) is 16.1. The Morgan fingerprint density at radius 2 is 1.44 bits per heavy atom. The summed E-state index contributed by atoms with van der Waals surface area (Å²) in [6.07, 6.45) is 1.18. The van der Waals surface area contributed by atoms with Crippen LogP contribution in [0.25, 0.3) is 33.0 Å². The Balaban J connectivity index is 0.000000236. The van der Waals surface area contributed by atoms with Gasteiger partial charge < -0.3 is 0 Å². The van der Waals surface area contributed by atoms with E-state index in [1.165, 1.54) is 72.1 Å². The van der Waals surface area contributed by atoms with Gasteiger partial charge in [0.05, 0.1) is 9.52 Å². The Hall–Kier alpha value is -1.83. The van der Waals surface area contributed by atoms with E-state index in [2.05, 4.69) is 147 Å². The third-order valence-electron chi connectivity index (χ3n) is 8.83. The molecule has 0 N–H and O–H groups in total. The molecule has 0 saturated carbocycles. The van der Waals surface area contributed by atoms with Crippen LogP contribution < -0.4 is 10.4 Å². The molecule has 0 nitrogen and oxygen atoms in total. The maximum absolute atomic E-state index is 4.93. The van der Waals surface area contributed by atoms with Gasteiger partial charge in [-0.2, -0.15) is 35.5 Å². The van der Waals surface area contributed by atoms with Crippen LogP contribution in [0, 0.1) is 6.07 Å². The van der Waals surface area contributed by atoms with E-state index in [1.54, 1.807) is 0 Å². The molecule has 2 radical (unpaired) electrons. The fraction of sp³-hybridized carbons (Fsp3) is 0.341. The molecule has 1 unspecified atom stereocenters. The molecule has 1 atom stereocenters. The van der Waals surface area contributed by atoms with E-state index in [9.17, 15) is 0 Å². The number of hydrogen-bond acceptors (Lipinski definition) is 0. The van der Waals surface area contributed by atoms with Crippen LogP contribution in [0.1, 0.15) is 109 Å². The largest absolute Gasteiger partial charge is 0.184 e. The molecular weight excluding hydrogens is 683 g/mol. The molecule has 0 spiro atoms. The summed E-state index contributed by atoms with van der Waals surface area (Å²) in [5, 5.41) is 5.62. The Morgan fingerprint density at radius 3 is 2.04 bits per heavy atom. The Morgan fingerprint density at radius 1 is 0.822 bits per heavy atom. The minimum absolute atomic E-state index is 0.100. The monoisotopic (exact) mass is 726 g/mol. The molecular formula is C41H46Cl2SiZr.